The number of benzene rings is 1. The fraction of sp³-hybridized carbons (Fsp3) is 0.0667. The van der Waals surface area contributed by atoms with Crippen LogP contribution in [0.15, 0.2) is 47.1 Å². The number of rotatable bonds is 3. The maximum absolute atomic E-state index is 12.2. The molecule has 0 aliphatic rings. The number of anilines is 1. The molecule has 2 aromatic heterocycles. The van der Waals surface area contributed by atoms with Crippen LogP contribution >= 0.6 is 11.6 Å². The van der Waals surface area contributed by atoms with Gasteiger partial charge in [-0.05, 0) is 30.3 Å². The van der Waals surface area contributed by atoms with E-state index in [-0.39, 0.29) is 12.4 Å². The van der Waals surface area contributed by atoms with Gasteiger partial charge < -0.3 is 14.8 Å². The van der Waals surface area contributed by atoms with Gasteiger partial charge in [0, 0.05) is 22.2 Å². The number of aromatic nitrogens is 1. The Morgan fingerprint density at radius 2 is 2.19 bits per heavy atom. The van der Waals surface area contributed by atoms with E-state index in [0.717, 1.165) is 5.39 Å². The quantitative estimate of drug-likeness (QED) is 0.779. The van der Waals surface area contributed by atoms with E-state index in [9.17, 15) is 9.90 Å². The van der Waals surface area contributed by atoms with Crippen molar-refractivity contribution in [3.05, 3.63) is 59.1 Å². The predicted molar refractivity (Wildman–Crippen MR) is 79.3 cm³/mol. The van der Waals surface area contributed by atoms with Crippen LogP contribution < -0.4 is 5.32 Å². The van der Waals surface area contributed by atoms with Crippen molar-refractivity contribution in [1.82, 2.24) is 4.98 Å². The molecule has 3 aromatic rings. The Labute approximate surface area is 125 Å². The number of carbonyl (C=O) groups excluding carboxylic acids is 1. The normalized spacial score (nSPS) is 10.8. The summed E-state index contributed by atoms with van der Waals surface area (Å²) in [5, 5.41) is 13.2. The van der Waals surface area contributed by atoms with Gasteiger partial charge in [-0.15, -0.1) is 0 Å². The van der Waals surface area contributed by atoms with E-state index in [1.807, 2.05) is 0 Å². The number of amides is 1. The van der Waals surface area contributed by atoms with Crippen molar-refractivity contribution >= 4 is 34.2 Å². The maximum atomic E-state index is 12.2. The molecule has 0 atom stereocenters. The first-order valence-corrected chi connectivity index (χ1v) is 6.59. The Morgan fingerprint density at radius 3 is 3.00 bits per heavy atom. The maximum Gasteiger partial charge on any atom is 0.291 e. The third-order valence-corrected chi connectivity index (χ3v) is 3.27. The minimum absolute atomic E-state index is 0.167. The molecule has 1 amide bonds. The lowest BCUT2D eigenvalue weighted by Crippen LogP contribution is -2.12. The molecule has 0 saturated carbocycles. The van der Waals surface area contributed by atoms with Crippen molar-refractivity contribution < 1.29 is 14.3 Å². The number of nitrogens with zero attached hydrogens (tertiary/aromatic N) is 1. The number of carbonyl (C=O) groups is 1. The molecule has 2 heterocycles. The lowest BCUT2D eigenvalue weighted by Gasteiger charge is -2.06. The molecule has 21 heavy (non-hydrogen) atoms. The van der Waals surface area contributed by atoms with E-state index >= 15 is 0 Å². The van der Waals surface area contributed by atoms with Gasteiger partial charge in [-0.1, -0.05) is 11.6 Å². The second-order valence-corrected chi connectivity index (χ2v) is 4.87. The fourth-order valence-electron chi connectivity index (χ4n) is 1.98. The van der Waals surface area contributed by atoms with Crippen LogP contribution in [0.5, 0.6) is 0 Å². The van der Waals surface area contributed by atoms with Crippen molar-refractivity contribution in [3.8, 4) is 0 Å². The van der Waals surface area contributed by atoms with E-state index in [1.54, 1.807) is 36.5 Å². The summed E-state index contributed by atoms with van der Waals surface area (Å²) in [5.74, 6) is -0.245. The zero-order chi connectivity index (χ0) is 14.8. The highest BCUT2D eigenvalue weighted by atomic mass is 35.5. The number of fused-ring (bicyclic) bond motifs is 1. The number of aliphatic hydroxyl groups is 1. The molecule has 2 N–H and O–H groups in total. The number of aliphatic hydroxyl groups excluding tert-OH is 1. The van der Waals surface area contributed by atoms with Crippen LogP contribution in [0.25, 0.3) is 11.0 Å². The van der Waals surface area contributed by atoms with Crippen LogP contribution in [-0.2, 0) is 6.61 Å². The van der Waals surface area contributed by atoms with E-state index in [2.05, 4.69) is 10.3 Å². The minimum Gasteiger partial charge on any atom is -0.451 e. The van der Waals surface area contributed by atoms with Crippen LogP contribution in [0, 0.1) is 0 Å². The van der Waals surface area contributed by atoms with Gasteiger partial charge in [0.15, 0.2) is 5.76 Å². The molecule has 0 aliphatic carbocycles. The molecule has 0 saturated heterocycles. The molecular formula is C15H11ClN2O3. The van der Waals surface area contributed by atoms with Gasteiger partial charge in [0.25, 0.3) is 5.91 Å². The molecule has 5 nitrogen and oxygen atoms in total. The molecule has 0 spiro atoms. The second kappa shape index (κ2) is 5.55. The minimum atomic E-state index is -0.412. The third kappa shape index (κ3) is 2.74. The van der Waals surface area contributed by atoms with Gasteiger partial charge in [0.05, 0.1) is 18.5 Å². The summed E-state index contributed by atoms with van der Waals surface area (Å²) in [7, 11) is 0. The largest absolute Gasteiger partial charge is 0.451 e. The number of furan rings is 1. The van der Waals surface area contributed by atoms with Crippen LogP contribution in [0.3, 0.4) is 0 Å². The fourth-order valence-corrected chi connectivity index (χ4v) is 2.16. The van der Waals surface area contributed by atoms with Crippen molar-refractivity contribution in [2.75, 3.05) is 5.32 Å². The summed E-state index contributed by atoms with van der Waals surface area (Å²) in [6.45, 7) is -0.187. The van der Waals surface area contributed by atoms with E-state index in [1.165, 1.54) is 6.20 Å². The summed E-state index contributed by atoms with van der Waals surface area (Å²) in [5.41, 5.74) is 1.61. The molecule has 0 unspecified atom stereocenters. The molecule has 3 rings (SSSR count). The summed E-state index contributed by atoms with van der Waals surface area (Å²) < 4.78 is 5.48. The molecule has 0 aliphatic heterocycles. The summed E-state index contributed by atoms with van der Waals surface area (Å²) >= 11 is 5.90. The first-order chi connectivity index (χ1) is 10.2. The molecule has 1 aromatic carbocycles. The lowest BCUT2D eigenvalue weighted by atomic mass is 10.2. The predicted octanol–water partition coefficient (Wildman–Crippen LogP) is 3.23. The standard InChI is InChI=1S/C15H11ClN2O3/c16-11-1-2-13-10(5-11)6-14(21-13)15(20)18-12-7-17-4-3-9(12)8-19/h1-7,19H,8H2,(H,18,20). The smallest absolute Gasteiger partial charge is 0.291 e. The Bertz CT molecular complexity index is 814. The van der Waals surface area contributed by atoms with Crippen molar-refractivity contribution in [2.45, 2.75) is 6.61 Å². The van der Waals surface area contributed by atoms with E-state index in [4.69, 9.17) is 16.0 Å². The Hall–Kier alpha value is -2.37. The molecule has 0 fully saturated rings. The molecular weight excluding hydrogens is 292 g/mol. The number of nitrogens with one attached hydrogen (secondary N) is 1. The lowest BCUT2D eigenvalue weighted by molar-refractivity contribution is 0.0998. The zero-order valence-electron chi connectivity index (χ0n) is 10.8. The summed E-state index contributed by atoms with van der Waals surface area (Å²) in [4.78, 5) is 16.1. The highest BCUT2D eigenvalue weighted by molar-refractivity contribution is 6.31. The first-order valence-electron chi connectivity index (χ1n) is 6.21. The van der Waals surface area contributed by atoms with Crippen LogP contribution in [0.1, 0.15) is 16.1 Å². The topological polar surface area (TPSA) is 75.4 Å². The Kier molecular flexibility index (Phi) is 3.60. The van der Waals surface area contributed by atoms with Gasteiger partial charge in [-0.25, -0.2) is 0 Å². The number of hydrogen-bond donors (Lipinski definition) is 2. The monoisotopic (exact) mass is 302 g/mol. The Balaban J connectivity index is 1.90. The van der Waals surface area contributed by atoms with Gasteiger partial charge in [-0.3, -0.25) is 9.78 Å². The highest BCUT2D eigenvalue weighted by Gasteiger charge is 2.14. The number of halogens is 1. The van der Waals surface area contributed by atoms with Gasteiger partial charge in [0.1, 0.15) is 5.58 Å². The number of pyridine rings is 1. The van der Waals surface area contributed by atoms with Crippen molar-refractivity contribution in [3.63, 3.8) is 0 Å². The SMILES string of the molecule is O=C(Nc1cnccc1CO)c1cc2cc(Cl)ccc2o1. The number of hydrogen-bond acceptors (Lipinski definition) is 4. The first kappa shape index (κ1) is 13.6. The molecule has 0 radical (unpaired) electrons. The highest BCUT2D eigenvalue weighted by Crippen LogP contribution is 2.24. The van der Waals surface area contributed by atoms with Gasteiger partial charge in [0.2, 0.25) is 0 Å². The van der Waals surface area contributed by atoms with E-state index < -0.39 is 5.91 Å². The molecule has 6 heteroatoms. The van der Waals surface area contributed by atoms with Crippen LogP contribution in [-0.4, -0.2) is 16.0 Å². The van der Waals surface area contributed by atoms with Gasteiger partial charge in [-0.2, -0.15) is 0 Å². The average molecular weight is 303 g/mol. The van der Waals surface area contributed by atoms with Crippen molar-refractivity contribution in [2.24, 2.45) is 0 Å². The second-order valence-electron chi connectivity index (χ2n) is 4.44. The average Bonchev–Trinajstić information content (AvgIpc) is 2.91. The molecule has 0 bridgehead atoms. The zero-order valence-corrected chi connectivity index (χ0v) is 11.6. The van der Waals surface area contributed by atoms with Crippen molar-refractivity contribution in [1.29, 1.82) is 0 Å². The van der Waals surface area contributed by atoms with E-state index in [0.29, 0.717) is 21.9 Å². The van der Waals surface area contributed by atoms with Crippen LogP contribution in [0.4, 0.5) is 5.69 Å². The third-order valence-electron chi connectivity index (χ3n) is 3.03. The summed E-state index contributed by atoms with van der Waals surface area (Å²) in [6, 6.07) is 8.37. The molecule has 106 valence electrons. The Morgan fingerprint density at radius 1 is 1.33 bits per heavy atom. The summed E-state index contributed by atoms with van der Waals surface area (Å²) in [6.07, 6.45) is 3.02. The van der Waals surface area contributed by atoms with Crippen LogP contribution in [0.2, 0.25) is 5.02 Å². The van der Waals surface area contributed by atoms with Gasteiger partial charge >= 0.3 is 0 Å².